The van der Waals surface area contributed by atoms with Crippen LogP contribution in [0.4, 0.5) is 5.82 Å². The van der Waals surface area contributed by atoms with Gasteiger partial charge in [0.05, 0.1) is 26.9 Å². The second-order valence-electron chi connectivity index (χ2n) is 5.51. The number of nitrogens with one attached hydrogen (secondary N) is 1. The van der Waals surface area contributed by atoms with Crippen molar-refractivity contribution in [3.8, 4) is 11.5 Å². The number of benzene rings is 1. The number of aromatic nitrogens is 1. The third-order valence-electron chi connectivity index (χ3n) is 3.88. The minimum absolute atomic E-state index is 0.325. The molecule has 26 heavy (non-hydrogen) atoms. The maximum Gasteiger partial charge on any atom is 0.280 e. The number of pyridine rings is 1. The Morgan fingerprint density at radius 2 is 1.96 bits per heavy atom. The van der Waals surface area contributed by atoms with Crippen molar-refractivity contribution >= 4 is 23.3 Å². The molecule has 0 bridgehead atoms. The summed E-state index contributed by atoms with van der Waals surface area (Å²) < 4.78 is 10.6. The van der Waals surface area contributed by atoms with Gasteiger partial charge in [-0.2, -0.15) is 0 Å². The van der Waals surface area contributed by atoms with Crippen molar-refractivity contribution in [3.05, 3.63) is 46.1 Å². The van der Waals surface area contributed by atoms with Gasteiger partial charge in [0.2, 0.25) is 0 Å². The Bertz CT molecular complexity index is 798. The predicted octanol–water partition coefficient (Wildman–Crippen LogP) is 3.31. The summed E-state index contributed by atoms with van der Waals surface area (Å²) in [7, 11) is 6.13. The van der Waals surface area contributed by atoms with Crippen LogP contribution in [-0.4, -0.2) is 44.3 Å². The fraction of sp³-hybridized carbons (Fsp3) is 0.333. The summed E-state index contributed by atoms with van der Waals surface area (Å²) in [6, 6.07) is 7.18. The third kappa shape index (κ3) is 4.36. The molecule has 8 heteroatoms. The van der Waals surface area contributed by atoms with Crippen LogP contribution in [0.15, 0.2) is 24.3 Å². The van der Waals surface area contributed by atoms with Crippen molar-refractivity contribution < 1.29 is 19.1 Å². The number of halogens is 1. The fourth-order valence-electron chi connectivity index (χ4n) is 2.32. The smallest absolute Gasteiger partial charge is 0.280 e. The SMILES string of the molecule is COc1ccc(CNc2nc(Cl)c(C)cc2C(=O)N(C)OC)c(OC)c1. The zero-order valence-electron chi connectivity index (χ0n) is 15.4. The van der Waals surface area contributed by atoms with Crippen molar-refractivity contribution in [2.75, 3.05) is 33.7 Å². The first kappa shape index (κ1) is 19.8. The van der Waals surface area contributed by atoms with Crippen LogP contribution < -0.4 is 14.8 Å². The molecule has 1 heterocycles. The van der Waals surface area contributed by atoms with E-state index in [1.165, 1.54) is 14.2 Å². The molecule has 0 fully saturated rings. The molecule has 0 aliphatic rings. The van der Waals surface area contributed by atoms with E-state index < -0.39 is 0 Å². The van der Waals surface area contributed by atoms with Crippen LogP contribution in [0.1, 0.15) is 21.5 Å². The van der Waals surface area contributed by atoms with Gasteiger partial charge in [0.15, 0.2) is 0 Å². The van der Waals surface area contributed by atoms with Gasteiger partial charge < -0.3 is 14.8 Å². The molecule has 0 aliphatic carbocycles. The average molecular weight is 380 g/mol. The Morgan fingerprint density at radius 1 is 1.23 bits per heavy atom. The molecule has 0 saturated heterocycles. The number of rotatable bonds is 7. The number of carbonyl (C=O) groups excluding carboxylic acids is 1. The van der Waals surface area contributed by atoms with Crippen molar-refractivity contribution in [3.63, 3.8) is 0 Å². The molecule has 140 valence electrons. The van der Waals surface area contributed by atoms with Crippen molar-refractivity contribution in [1.29, 1.82) is 0 Å². The highest BCUT2D eigenvalue weighted by molar-refractivity contribution is 6.30. The van der Waals surface area contributed by atoms with E-state index in [9.17, 15) is 4.79 Å². The number of carbonyl (C=O) groups is 1. The second kappa shape index (κ2) is 8.73. The molecule has 1 amide bonds. The highest BCUT2D eigenvalue weighted by Gasteiger charge is 2.19. The van der Waals surface area contributed by atoms with Gasteiger partial charge in [-0.25, -0.2) is 10.0 Å². The quantitative estimate of drug-likeness (QED) is 0.587. The zero-order valence-corrected chi connectivity index (χ0v) is 16.2. The van der Waals surface area contributed by atoms with Crippen LogP contribution in [0, 0.1) is 6.92 Å². The van der Waals surface area contributed by atoms with Gasteiger partial charge in [-0.05, 0) is 30.7 Å². The van der Waals surface area contributed by atoms with Gasteiger partial charge in [-0.15, -0.1) is 0 Å². The van der Waals surface area contributed by atoms with Crippen LogP contribution in [0.25, 0.3) is 0 Å². The molecule has 0 spiro atoms. The Kier molecular flexibility index (Phi) is 6.65. The van der Waals surface area contributed by atoms with Gasteiger partial charge in [-0.3, -0.25) is 9.63 Å². The lowest BCUT2D eigenvalue weighted by molar-refractivity contribution is -0.0756. The number of hydrogen-bond donors (Lipinski definition) is 1. The summed E-state index contributed by atoms with van der Waals surface area (Å²) in [5.41, 5.74) is 1.95. The molecule has 7 nitrogen and oxygen atoms in total. The number of ether oxygens (including phenoxy) is 2. The molecule has 0 atom stereocenters. The van der Waals surface area contributed by atoms with Crippen molar-refractivity contribution in [2.45, 2.75) is 13.5 Å². The van der Waals surface area contributed by atoms with E-state index in [-0.39, 0.29) is 5.91 Å². The standard InChI is InChI=1S/C18H22ClN3O4/c1-11-8-14(18(23)22(2)26-5)17(21-16(11)19)20-10-12-6-7-13(24-3)9-15(12)25-4/h6-9H,10H2,1-5H3,(H,20,21). The third-order valence-corrected chi connectivity index (χ3v) is 4.26. The van der Waals surface area contributed by atoms with E-state index in [0.717, 1.165) is 10.6 Å². The maximum atomic E-state index is 12.5. The molecule has 0 unspecified atom stereocenters. The van der Waals surface area contributed by atoms with E-state index >= 15 is 0 Å². The number of methoxy groups -OCH3 is 2. The van der Waals surface area contributed by atoms with E-state index in [1.54, 1.807) is 33.3 Å². The summed E-state index contributed by atoms with van der Waals surface area (Å²) in [6.45, 7) is 2.17. The maximum absolute atomic E-state index is 12.5. The molecular formula is C18H22ClN3O4. The Balaban J connectivity index is 2.32. The van der Waals surface area contributed by atoms with Crippen molar-refractivity contribution in [1.82, 2.24) is 10.0 Å². The first-order valence-electron chi connectivity index (χ1n) is 7.85. The molecule has 0 saturated carbocycles. The Morgan fingerprint density at radius 3 is 2.58 bits per heavy atom. The normalized spacial score (nSPS) is 10.4. The molecule has 0 aliphatic heterocycles. The highest BCUT2D eigenvalue weighted by atomic mass is 35.5. The highest BCUT2D eigenvalue weighted by Crippen LogP contribution is 2.27. The first-order chi connectivity index (χ1) is 12.4. The van der Waals surface area contributed by atoms with Gasteiger partial charge in [0.25, 0.3) is 5.91 Å². The number of amides is 1. The van der Waals surface area contributed by atoms with E-state index in [4.69, 9.17) is 25.9 Å². The summed E-state index contributed by atoms with van der Waals surface area (Å²) in [4.78, 5) is 21.8. The summed E-state index contributed by atoms with van der Waals surface area (Å²) in [5, 5.41) is 4.60. The molecule has 2 rings (SSSR count). The number of nitrogens with zero attached hydrogens (tertiary/aromatic N) is 2. The molecule has 1 N–H and O–H groups in total. The van der Waals surface area contributed by atoms with Crippen LogP contribution in [0.2, 0.25) is 5.15 Å². The predicted molar refractivity (Wildman–Crippen MR) is 100.0 cm³/mol. The van der Waals surface area contributed by atoms with Gasteiger partial charge >= 0.3 is 0 Å². The lowest BCUT2D eigenvalue weighted by atomic mass is 10.1. The fourth-order valence-corrected chi connectivity index (χ4v) is 2.46. The largest absolute Gasteiger partial charge is 0.497 e. The number of hydroxylamine groups is 2. The Labute approximate surface area is 157 Å². The molecular weight excluding hydrogens is 358 g/mol. The number of aryl methyl sites for hydroxylation is 1. The zero-order chi connectivity index (χ0) is 19.3. The summed E-state index contributed by atoms with van der Waals surface area (Å²) in [6.07, 6.45) is 0. The van der Waals surface area contributed by atoms with E-state index in [0.29, 0.717) is 40.1 Å². The van der Waals surface area contributed by atoms with Crippen molar-refractivity contribution in [2.24, 2.45) is 0 Å². The van der Waals surface area contributed by atoms with Gasteiger partial charge in [0.1, 0.15) is 22.5 Å². The summed E-state index contributed by atoms with van der Waals surface area (Å²) >= 11 is 6.14. The second-order valence-corrected chi connectivity index (χ2v) is 5.87. The van der Waals surface area contributed by atoms with Crippen LogP contribution in [-0.2, 0) is 11.4 Å². The lowest BCUT2D eigenvalue weighted by Gasteiger charge is -2.18. The average Bonchev–Trinajstić information content (AvgIpc) is 2.67. The molecule has 0 radical (unpaired) electrons. The Hall–Kier alpha value is -2.51. The minimum atomic E-state index is -0.330. The van der Waals surface area contributed by atoms with Crippen LogP contribution in [0.5, 0.6) is 11.5 Å². The topological polar surface area (TPSA) is 72.9 Å². The van der Waals surface area contributed by atoms with Crippen LogP contribution in [0.3, 0.4) is 0 Å². The minimum Gasteiger partial charge on any atom is -0.497 e. The monoisotopic (exact) mass is 379 g/mol. The van der Waals surface area contributed by atoms with E-state index in [2.05, 4.69) is 10.3 Å². The van der Waals surface area contributed by atoms with Gasteiger partial charge in [-0.1, -0.05) is 11.6 Å². The molecule has 2 aromatic rings. The summed E-state index contributed by atoms with van der Waals surface area (Å²) in [5.74, 6) is 1.40. The first-order valence-corrected chi connectivity index (χ1v) is 8.23. The lowest BCUT2D eigenvalue weighted by Crippen LogP contribution is -2.26. The molecule has 1 aromatic heterocycles. The van der Waals surface area contributed by atoms with Crippen LogP contribution >= 0.6 is 11.6 Å². The van der Waals surface area contributed by atoms with Gasteiger partial charge in [0, 0.05) is 25.2 Å². The molecule has 1 aromatic carbocycles. The number of hydrogen-bond acceptors (Lipinski definition) is 6. The number of anilines is 1. The van der Waals surface area contributed by atoms with E-state index in [1.807, 2.05) is 12.1 Å².